The molecule has 0 atom stereocenters. The molecule has 3 rings (SSSR count). The van der Waals surface area contributed by atoms with Crippen LogP contribution in [-0.2, 0) is 0 Å². The first-order valence-electron chi connectivity index (χ1n) is 6.50. The largest absolute Gasteiger partial charge is 0.496 e. The average molecular weight is 299 g/mol. The van der Waals surface area contributed by atoms with Crippen molar-refractivity contribution in [1.82, 2.24) is 14.6 Å². The van der Waals surface area contributed by atoms with Crippen molar-refractivity contribution in [3.63, 3.8) is 0 Å². The number of carboxylic acids is 1. The predicted octanol–water partition coefficient (Wildman–Crippen LogP) is 1.70. The highest BCUT2D eigenvalue weighted by Crippen LogP contribution is 2.24. The predicted molar refractivity (Wildman–Crippen MR) is 79.5 cm³/mol. The van der Waals surface area contributed by atoms with Crippen LogP contribution in [0.5, 0.6) is 5.75 Å². The molecular weight excluding hydrogens is 286 g/mol. The van der Waals surface area contributed by atoms with E-state index in [0.29, 0.717) is 5.69 Å². The van der Waals surface area contributed by atoms with Crippen molar-refractivity contribution in [2.45, 2.75) is 6.92 Å². The molecule has 0 aliphatic carbocycles. The van der Waals surface area contributed by atoms with Crippen LogP contribution in [-0.4, -0.2) is 32.8 Å². The van der Waals surface area contributed by atoms with Crippen LogP contribution in [0.2, 0.25) is 0 Å². The lowest BCUT2D eigenvalue weighted by molar-refractivity contribution is 0.0690. The van der Waals surface area contributed by atoms with Crippen molar-refractivity contribution in [1.29, 1.82) is 0 Å². The third kappa shape index (κ3) is 2.22. The van der Waals surface area contributed by atoms with E-state index in [0.717, 1.165) is 21.4 Å². The molecule has 1 aromatic carbocycles. The van der Waals surface area contributed by atoms with E-state index in [9.17, 15) is 9.59 Å². The van der Waals surface area contributed by atoms with Gasteiger partial charge in [-0.15, -0.1) is 0 Å². The second-order valence-electron chi connectivity index (χ2n) is 4.83. The summed E-state index contributed by atoms with van der Waals surface area (Å²) in [5, 5.41) is 11.5. The van der Waals surface area contributed by atoms with E-state index in [1.807, 2.05) is 13.0 Å². The van der Waals surface area contributed by atoms with Gasteiger partial charge in [0.15, 0.2) is 5.65 Å². The number of aromatic carboxylic acids is 1. The second kappa shape index (κ2) is 5.03. The lowest BCUT2D eigenvalue weighted by Gasteiger charge is -2.07. The molecule has 0 unspecified atom stereocenters. The monoisotopic (exact) mass is 299 g/mol. The van der Waals surface area contributed by atoms with Gasteiger partial charge >= 0.3 is 5.97 Å². The van der Waals surface area contributed by atoms with Crippen LogP contribution < -0.4 is 10.3 Å². The number of carbonyl (C=O) groups is 1. The Balaban J connectivity index is 2.17. The molecule has 2 aromatic heterocycles. The van der Waals surface area contributed by atoms with Crippen molar-refractivity contribution in [3.8, 4) is 17.0 Å². The number of fused-ring (bicyclic) bond motifs is 1. The van der Waals surface area contributed by atoms with E-state index in [1.165, 1.54) is 12.1 Å². The summed E-state index contributed by atoms with van der Waals surface area (Å²) in [6.45, 7) is 1.90. The van der Waals surface area contributed by atoms with Gasteiger partial charge in [0.25, 0.3) is 5.56 Å². The van der Waals surface area contributed by atoms with E-state index >= 15 is 0 Å². The first kappa shape index (κ1) is 13.9. The molecule has 2 heterocycles. The molecule has 7 heteroatoms. The average Bonchev–Trinajstić information content (AvgIpc) is 2.92. The van der Waals surface area contributed by atoms with Gasteiger partial charge in [-0.2, -0.15) is 0 Å². The third-order valence-electron chi connectivity index (χ3n) is 3.37. The number of rotatable bonds is 3. The van der Waals surface area contributed by atoms with Gasteiger partial charge in [-0.25, -0.2) is 14.3 Å². The lowest BCUT2D eigenvalue weighted by atomic mass is 10.1. The number of hydrogen-bond donors (Lipinski definition) is 2. The summed E-state index contributed by atoms with van der Waals surface area (Å²) in [4.78, 5) is 27.4. The minimum atomic E-state index is -1.15. The number of ether oxygens (including phenoxy) is 1. The molecule has 0 saturated heterocycles. The van der Waals surface area contributed by atoms with Gasteiger partial charge in [-0.3, -0.25) is 9.89 Å². The Hall–Kier alpha value is -3.09. The zero-order valence-corrected chi connectivity index (χ0v) is 12.0. The number of nitrogens with one attached hydrogen (secondary N) is 1. The summed E-state index contributed by atoms with van der Waals surface area (Å²) in [5.41, 5.74) is 1.95. The summed E-state index contributed by atoms with van der Waals surface area (Å²) in [7, 11) is 1.59. The summed E-state index contributed by atoms with van der Waals surface area (Å²) in [6.07, 6.45) is 0. The molecular formula is C15H13N3O4. The highest BCUT2D eigenvalue weighted by molar-refractivity contribution is 5.86. The molecule has 0 radical (unpaired) electrons. The Labute approximate surface area is 124 Å². The molecule has 2 N–H and O–H groups in total. The molecule has 0 bridgehead atoms. The van der Waals surface area contributed by atoms with Crippen molar-refractivity contribution in [2.24, 2.45) is 0 Å². The topological polar surface area (TPSA) is 96.7 Å². The Kier molecular flexibility index (Phi) is 3.17. The van der Waals surface area contributed by atoms with Crippen molar-refractivity contribution in [2.75, 3.05) is 7.11 Å². The minimum Gasteiger partial charge on any atom is -0.496 e. The maximum Gasteiger partial charge on any atom is 0.353 e. The molecule has 7 nitrogen and oxygen atoms in total. The maximum absolute atomic E-state index is 12.1. The molecule has 3 aromatic rings. The number of H-pyrrole nitrogens is 1. The van der Waals surface area contributed by atoms with E-state index < -0.39 is 5.97 Å². The molecule has 0 aliphatic heterocycles. The first-order chi connectivity index (χ1) is 10.5. The molecule has 0 spiro atoms. The fraction of sp³-hybridized carbons (Fsp3) is 0.133. The Morgan fingerprint density at radius 3 is 2.73 bits per heavy atom. The zero-order valence-electron chi connectivity index (χ0n) is 12.0. The molecule has 0 amide bonds. The van der Waals surface area contributed by atoms with Crippen LogP contribution in [0, 0.1) is 6.92 Å². The van der Waals surface area contributed by atoms with E-state index in [-0.39, 0.29) is 16.9 Å². The number of carboxylic acid groups (broad SMARTS) is 1. The van der Waals surface area contributed by atoms with Gasteiger partial charge in [0.05, 0.1) is 12.8 Å². The summed E-state index contributed by atoms with van der Waals surface area (Å²) in [5.74, 6) is -0.400. The number of aromatic amines is 1. The standard InChI is InChI=1S/C15H13N3O4/c1-8-5-9(3-4-12(8)22-2)10-7-14(19)18-13(16-10)6-11(17-18)15(20)21/h3-7,17H,1-2H3,(H,20,21). The number of nitrogens with zero attached hydrogens (tertiary/aromatic N) is 2. The van der Waals surface area contributed by atoms with E-state index in [2.05, 4.69) is 10.1 Å². The van der Waals surface area contributed by atoms with Crippen LogP contribution in [0.15, 0.2) is 35.1 Å². The van der Waals surface area contributed by atoms with Gasteiger partial charge in [-0.05, 0) is 30.7 Å². The highest BCUT2D eigenvalue weighted by atomic mass is 16.5. The van der Waals surface area contributed by atoms with Gasteiger partial charge in [-0.1, -0.05) is 0 Å². The van der Waals surface area contributed by atoms with Crippen LogP contribution in [0.3, 0.4) is 0 Å². The number of hydrogen-bond acceptors (Lipinski definition) is 4. The molecule has 0 fully saturated rings. The number of aromatic nitrogens is 3. The molecule has 0 saturated carbocycles. The van der Waals surface area contributed by atoms with Crippen molar-refractivity contribution < 1.29 is 14.6 Å². The molecule has 112 valence electrons. The second-order valence-corrected chi connectivity index (χ2v) is 4.83. The van der Waals surface area contributed by atoms with Gasteiger partial charge in [0.2, 0.25) is 0 Å². The number of benzene rings is 1. The molecule has 22 heavy (non-hydrogen) atoms. The van der Waals surface area contributed by atoms with E-state index in [4.69, 9.17) is 9.84 Å². The van der Waals surface area contributed by atoms with Crippen molar-refractivity contribution in [3.05, 3.63) is 51.9 Å². The highest BCUT2D eigenvalue weighted by Gasteiger charge is 2.12. The SMILES string of the molecule is COc1ccc(-c2cc(=O)n3[nH]c(C(=O)O)cc3n2)cc1C. The Bertz CT molecular complexity index is 940. The quantitative estimate of drug-likeness (QED) is 0.767. The van der Waals surface area contributed by atoms with Crippen LogP contribution in [0.1, 0.15) is 16.1 Å². The van der Waals surface area contributed by atoms with Gasteiger partial charge in [0.1, 0.15) is 11.4 Å². The van der Waals surface area contributed by atoms with Crippen LogP contribution in [0.4, 0.5) is 0 Å². The Morgan fingerprint density at radius 1 is 1.32 bits per heavy atom. The lowest BCUT2D eigenvalue weighted by Crippen LogP contribution is -2.14. The smallest absolute Gasteiger partial charge is 0.353 e. The first-order valence-corrected chi connectivity index (χ1v) is 6.50. The van der Waals surface area contributed by atoms with Gasteiger partial charge in [0, 0.05) is 17.7 Å². The van der Waals surface area contributed by atoms with Crippen LogP contribution in [0.25, 0.3) is 16.9 Å². The van der Waals surface area contributed by atoms with Crippen LogP contribution >= 0.6 is 0 Å². The number of aryl methyl sites for hydroxylation is 1. The fourth-order valence-electron chi connectivity index (χ4n) is 2.29. The third-order valence-corrected chi connectivity index (χ3v) is 3.37. The maximum atomic E-state index is 12.1. The number of methoxy groups -OCH3 is 1. The molecule has 0 aliphatic rings. The minimum absolute atomic E-state index is 0.0901. The normalized spacial score (nSPS) is 10.8. The van der Waals surface area contributed by atoms with Gasteiger partial charge < -0.3 is 9.84 Å². The zero-order chi connectivity index (χ0) is 15.9. The fourth-order valence-corrected chi connectivity index (χ4v) is 2.29. The van der Waals surface area contributed by atoms with E-state index in [1.54, 1.807) is 19.2 Å². The summed E-state index contributed by atoms with van der Waals surface area (Å²) >= 11 is 0. The summed E-state index contributed by atoms with van der Waals surface area (Å²) < 4.78 is 6.30. The van der Waals surface area contributed by atoms with Crippen molar-refractivity contribution >= 4 is 11.6 Å². The summed E-state index contributed by atoms with van der Waals surface area (Å²) in [6, 6.07) is 8.14. The Morgan fingerprint density at radius 2 is 2.09 bits per heavy atom.